The van der Waals surface area contributed by atoms with Crippen LogP contribution in [0.4, 0.5) is 0 Å². The summed E-state index contributed by atoms with van der Waals surface area (Å²) < 4.78 is 23.1. The van der Waals surface area contributed by atoms with E-state index in [9.17, 15) is 9.90 Å². The molecular formula is C8H16O5. The summed E-state index contributed by atoms with van der Waals surface area (Å²) in [6.45, 7) is 1.33. The average Bonchev–Trinajstić information content (AvgIpc) is 2.22. The molecular weight excluding hydrogens is 176 g/mol. The number of aliphatic hydroxyl groups excluding tert-OH is 2. The zero-order valence-corrected chi connectivity index (χ0v) is 7.42. The highest BCUT2D eigenvalue weighted by atomic mass is 16.5. The first-order valence-corrected chi connectivity index (χ1v) is 3.71. The normalized spacial score (nSPS) is 22.4. The Balaban J connectivity index is 4.52. The number of rotatable bonds is 6. The number of aldehydes is 1. The van der Waals surface area contributed by atoms with E-state index < -0.39 is 38.6 Å². The van der Waals surface area contributed by atoms with Crippen LogP contribution in [0.15, 0.2) is 0 Å². The Hall–Kier alpha value is -0.490. The number of ether oxygens (including phenoxy) is 2. The van der Waals surface area contributed by atoms with Gasteiger partial charge in [-0.3, -0.25) is 0 Å². The van der Waals surface area contributed by atoms with Gasteiger partial charge in [0.15, 0.2) is 6.29 Å². The Morgan fingerprint density at radius 2 is 2.00 bits per heavy atom. The molecule has 5 nitrogen and oxygen atoms in total. The van der Waals surface area contributed by atoms with Crippen molar-refractivity contribution >= 4 is 6.29 Å². The number of hydrogen-bond acceptors (Lipinski definition) is 5. The molecule has 0 aliphatic rings. The molecule has 0 radical (unpaired) electrons. The number of hydrogen-bond donors (Lipinski definition) is 2. The minimum atomic E-state index is -1.34. The lowest BCUT2D eigenvalue weighted by Gasteiger charge is -2.26. The van der Waals surface area contributed by atoms with Gasteiger partial charge >= 0.3 is 0 Å². The summed E-state index contributed by atoms with van der Waals surface area (Å²) in [5.41, 5.74) is 0. The van der Waals surface area contributed by atoms with Crippen LogP contribution in [0.2, 0.25) is 0 Å². The second-order valence-electron chi connectivity index (χ2n) is 2.63. The molecule has 4 atom stereocenters. The largest absolute Gasteiger partial charge is 0.391 e. The third-order valence-corrected chi connectivity index (χ3v) is 1.67. The monoisotopic (exact) mass is 194 g/mol. The summed E-state index contributed by atoms with van der Waals surface area (Å²) in [6.07, 6.45) is -4.36. The predicted octanol–water partition coefficient (Wildman–Crippen LogP) is -1.04. The maximum absolute atomic E-state index is 10.6. The molecule has 5 heteroatoms. The van der Waals surface area contributed by atoms with Gasteiger partial charge in [-0.05, 0) is 6.92 Å². The molecule has 0 bridgehead atoms. The first kappa shape index (κ1) is 9.08. The van der Waals surface area contributed by atoms with Gasteiger partial charge in [-0.15, -0.1) is 0 Å². The first-order chi connectivity index (χ1) is 7.08. The molecule has 0 amide bonds. The van der Waals surface area contributed by atoms with Crippen molar-refractivity contribution in [1.82, 2.24) is 0 Å². The Morgan fingerprint density at radius 1 is 1.38 bits per heavy atom. The molecule has 0 aromatic carbocycles. The van der Waals surface area contributed by atoms with Crippen molar-refractivity contribution in [2.45, 2.75) is 31.3 Å². The lowest BCUT2D eigenvalue weighted by molar-refractivity contribution is -0.143. The van der Waals surface area contributed by atoms with Crippen molar-refractivity contribution in [1.29, 1.82) is 0 Å². The summed E-state index contributed by atoms with van der Waals surface area (Å²) in [7, 11) is -0.937. The predicted molar refractivity (Wildman–Crippen MR) is 45.3 cm³/mol. The zero-order chi connectivity index (χ0) is 11.8. The fourth-order valence-corrected chi connectivity index (χ4v) is 0.874. The number of methoxy groups -OCH3 is 2. The summed E-state index contributed by atoms with van der Waals surface area (Å²) in [5.74, 6) is 0. The van der Waals surface area contributed by atoms with Crippen LogP contribution in [0.5, 0.6) is 0 Å². The Bertz CT molecular complexity index is 178. The molecule has 0 saturated heterocycles. The standard InChI is InChI=1S/C8H16O5/c1-5(10)7(11)8(13-3)6(4-9)12-2/h4-8,10-11H,1-3H3/t5-,6+,7+,8-/m0/s1/i2D,3D. The van der Waals surface area contributed by atoms with Gasteiger partial charge in [0.1, 0.15) is 18.3 Å². The molecule has 0 aliphatic heterocycles. The van der Waals surface area contributed by atoms with Gasteiger partial charge < -0.3 is 24.5 Å². The molecule has 0 rings (SSSR count). The van der Waals surface area contributed by atoms with Crippen molar-refractivity contribution in [2.75, 3.05) is 14.2 Å². The molecule has 2 N–H and O–H groups in total. The van der Waals surface area contributed by atoms with Gasteiger partial charge in [-0.2, -0.15) is 0 Å². The summed E-state index contributed by atoms with van der Waals surface area (Å²) >= 11 is 0. The lowest BCUT2D eigenvalue weighted by Crippen LogP contribution is -2.46. The third kappa shape index (κ3) is 3.40. The van der Waals surface area contributed by atoms with Crippen molar-refractivity contribution in [3.63, 3.8) is 0 Å². The summed E-state index contributed by atoms with van der Waals surface area (Å²) in [6, 6.07) is 0. The molecule has 0 spiro atoms. The number of carbonyl (C=O) groups is 1. The Morgan fingerprint density at radius 3 is 2.38 bits per heavy atom. The highest BCUT2D eigenvalue weighted by molar-refractivity contribution is 5.57. The molecule has 0 aliphatic carbocycles. The van der Waals surface area contributed by atoms with Gasteiger partial charge in [0.05, 0.1) is 8.85 Å². The van der Waals surface area contributed by atoms with Crippen LogP contribution in [-0.2, 0) is 14.3 Å². The third-order valence-electron chi connectivity index (χ3n) is 1.67. The van der Waals surface area contributed by atoms with Crippen molar-refractivity contribution in [3.05, 3.63) is 0 Å². The van der Waals surface area contributed by atoms with Gasteiger partial charge in [0, 0.05) is 14.2 Å². The van der Waals surface area contributed by atoms with E-state index in [1.54, 1.807) is 0 Å². The molecule has 0 aromatic heterocycles. The molecule has 0 fully saturated rings. The second-order valence-corrected chi connectivity index (χ2v) is 2.63. The van der Waals surface area contributed by atoms with Crippen LogP contribution in [0.1, 0.15) is 9.67 Å². The SMILES string of the molecule is [2H]CO[C@H]([C@H](O)[C@H](C)O)[C@@H](C=O)OC[2H]. The molecule has 78 valence electrons. The van der Waals surface area contributed by atoms with E-state index in [0.717, 1.165) is 0 Å². The summed E-state index contributed by atoms with van der Waals surface area (Å²) in [5, 5.41) is 18.6. The Labute approximate surface area is 80.1 Å². The van der Waals surface area contributed by atoms with E-state index in [2.05, 4.69) is 0 Å². The molecule has 0 saturated carbocycles. The van der Waals surface area contributed by atoms with Gasteiger partial charge in [0.25, 0.3) is 0 Å². The van der Waals surface area contributed by atoms with Crippen LogP contribution < -0.4 is 0 Å². The van der Waals surface area contributed by atoms with E-state index in [-0.39, 0.29) is 0 Å². The average molecular weight is 194 g/mol. The van der Waals surface area contributed by atoms with E-state index in [1.165, 1.54) is 6.92 Å². The minimum absolute atomic E-state index is 0.375. The minimum Gasteiger partial charge on any atom is -0.391 e. The van der Waals surface area contributed by atoms with Crippen LogP contribution in [0.3, 0.4) is 0 Å². The van der Waals surface area contributed by atoms with E-state index in [0.29, 0.717) is 6.29 Å². The first-order valence-electron chi connectivity index (χ1n) is 5.13. The van der Waals surface area contributed by atoms with Gasteiger partial charge in [-0.25, -0.2) is 0 Å². The van der Waals surface area contributed by atoms with Gasteiger partial charge in [-0.1, -0.05) is 0 Å². The highest BCUT2D eigenvalue weighted by Crippen LogP contribution is 2.09. The van der Waals surface area contributed by atoms with Crippen LogP contribution in [0.25, 0.3) is 0 Å². The number of carbonyl (C=O) groups excluding carboxylic acids is 1. The Kier molecular flexibility index (Phi) is 4.22. The fraction of sp³-hybridized carbons (Fsp3) is 0.875. The maximum Gasteiger partial charge on any atom is 0.151 e. The second kappa shape index (κ2) is 6.04. The van der Waals surface area contributed by atoms with Crippen LogP contribution in [-0.4, -0.2) is 55.1 Å². The smallest absolute Gasteiger partial charge is 0.151 e. The maximum atomic E-state index is 10.6. The summed E-state index contributed by atoms with van der Waals surface area (Å²) in [4.78, 5) is 10.6. The van der Waals surface area contributed by atoms with Crippen molar-refractivity contribution < 1.29 is 27.2 Å². The van der Waals surface area contributed by atoms with Crippen molar-refractivity contribution in [3.8, 4) is 0 Å². The lowest BCUT2D eigenvalue weighted by atomic mass is 10.0. The number of aliphatic hydroxyl groups is 2. The zero-order valence-electron chi connectivity index (χ0n) is 9.42. The molecule has 0 heterocycles. The highest BCUT2D eigenvalue weighted by Gasteiger charge is 2.31. The molecule has 13 heavy (non-hydrogen) atoms. The fourth-order valence-electron chi connectivity index (χ4n) is 0.874. The van der Waals surface area contributed by atoms with Crippen molar-refractivity contribution in [2.24, 2.45) is 0 Å². The quantitative estimate of drug-likeness (QED) is 0.528. The molecule has 0 aromatic rings. The van der Waals surface area contributed by atoms with E-state index in [1.807, 2.05) is 0 Å². The van der Waals surface area contributed by atoms with E-state index >= 15 is 0 Å². The van der Waals surface area contributed by atoms with Crippen LogP contribution in [0, 0.1) is 0 Å². The van der Waals surface area contributed by atoms with Gasteiger partial charge in [0.2, 0.25) is 0 Å². The topological polar surface area (TPSA) is 76.0 Å². The molecule has 0 unspecified atom stereocenters. The van der Waals surface area contributed by atoms with E-state index in [4.69, 9.17) is 17.3 Å². The van der Waals surface area contributed by atoms with Crippen LogP contribution >= 0.6 is 0 Å².